The Labute approximate surface area is 131 Å². The van der Waals surface area contributed by atoms with Gasteiger partial charge >= 0.3 is 0 Å². The summed E-state index contributed by atoms with van der Waals surface area (Å²) in [5.74, 6) is 0.155. The number of halogens is 2. The van der Waals surface area contributed by atoms with E-state index in [-0.39, 0.29) is 24.1 Å². The van der Waals surface area contributed by atoms with Crippen molar-refractivity contribution in [2.45, 2.75) is 12.8 Å². The standard InChI is InChI=1S/C15H22FN3O.ClH/c1-19(10-12-4-3-7-17-9-12)11-15(20)18-14-6-2-5-13(16)8-14;/h2,5-6,8,12,17H,3-4,7,9-11H2,1H3,(H,18,20);1H. The number of hydrogen-bond acceptors (Lipinski definition) is 3. The first-order chi connectivity index (χ1) is 9.63. The molecule has 1 heterocycles. The highest BCUT2D eigenvalue weighted by Gasteiger charge is 2.16. The van der Waals surface area contributed by atoms with Crippen LogP contribution in [0, 0.1) is 11.7 Å². The fraction of sp³-hybridized carbons (Fsp3) is 0.533. The number of hydrogen-bond donors (Lipinski definition) is 2. The topological polar surface area (TPSA) is 44.4 Å². The second kappa shape index (κ2) is 8.97. The van der Waals surface area contributed by atoms with Crippen LogP contribution in [0.25, 0.3) is 0 Å². The number of amides is 1. The first kappa shape index (κ1) is 17.9. The number of carbonyl (C=O) groups excluding carboxylic acids is 1. The second-order valence-electron chi connectivity index (χ2n) is 5.47. The summed E-state index contributed by atoms with van der Waals surface area (Å²) in [5, 5.41) is 6.09. The minimum absolute atomic E-state index is 0. The van der Waals surface area contributed by atoms with Crippen molar-refractivity contribution in [1.82, 2.24) is 10.2 Å². The third-order valence-corrected chi connectivity index (χ3v) is 3.49. The first-order valence-corrected chi connectivity index (χ1v) is 7.08. The van der Waals surface area contributed by atoms with Crippen molar-refractivity contribution in [2.75, 3.05) is 38.5 Å². The molecule has 1 atom stereocenters. The van der Waals surface area contributed by atoms with Crippen LogP contribution in [-0.4, -0.2) is 44.0 Å². The molecule has 0 bridgehead atoms. The summed E-state index contributed by atoms with van der Waals surface area (Å²) in [6, 6.07) is 5.95. The molecule has 0 radical (unpaired) electrons. The molecule has 0 saturated carbocycles. The predicted octanol–water partition coefficient (Wildman–Crippen LogP) is 2.12. The maximum Gasteiger partial charge on any atom is 0.238 e. The Bertz CT molecular complexity index is 452. The van der Waals surface area contributed by atoms with Crippen molar-refractivity contribution in [1.29, 1.82) is 0 Å². The van der Waals surface area contributed by atoms with Crippen molar-refractivity contribution in [3.63, 3.8) is 0 Å². The summed E-state index contributed by atoms with van der Waals surface area (Å²) in [7, 11) is 1.94. The lowest BCUT2D eigenvalue weighted by Gasteiger charge is -2.27. The van der Waals surface area contributed by atoms with Gasteiger partial charge in [-0.1, -0.05) is 6.07 Å². The van der Waals surface area contributed by atoms with Crippen molar-refractivity contribution >= 4 is 24.0 Å². The highest BCUT2D eigenvalue weighted by molar-refractivity contribution is 5.92. The lowest BCUT2D eigenvalue weighted by Crippen LogP contribution is -2.39. The average Bonchev–Trinajstić information content (AvgIpc) is 2.39. The van der Waals surface area contributed by atoms with E-state index in [2.05, 4.69) is 10.6 Å². The van der Waals surface area contributed by atoms with E-state index in [1.807, 2.05) is 11.9 Å². The average molecular weight is 316 g/mol. The van der Waals surface area contributed by atoms with E-state index in [0.29, 0.717) is 18.2 Å². The Hall–Kier alpha value is -1.17. The second-order valence-corrected chi connectivity index (χ2v) is 5.47. The van der Waals surface area contributed by atoms with E-state index >= 15 is 0 Å². The minimum atomic E-state index is -0.343. The van der Waals surface area contributed by atoms with Gasteiger partial charge in [-0.15, -0.1) is 12.4 Å². The van der Waals surface area contributed by atoms with Gasteiger partial charge in [-0.05, 0) is 57.1 Å². The number of anilines is 1. The Morgan fingerprint density at radius 3 is 3.00 bits per heavy atom. The molecule has 1 saturated heterocycles. The normalized spacial score (nSPS) is 18.1. The van der Waals surface area contributed by atoms with Gasteiger partial charge in [0.25, 0.3) is 0 Å². The van der Waals surface area contributed by atoms with E-state index in [1.54, 1.807) is 12.1 Å². The van der Waals surface area contributed by atoms with Crippen LogP contribution in [0.15, 0.2) is 24.3 Å². The van der Waals surface area contributed by atoms with E-state index in [0.717, 1.165) is 19.6 Å². The largest absolute Gasteiger partial charge is 0.325 e. The molecule has 1 fully saturated rings. The molecular weight excluding hydrogens is 293 g/mol. The zero-order chi connectivity index (χ0) is 14.4. The highest BCUT2D eigenvalue weighted by atomic mass is 35.5. The summed E-state index contributed by atoms with van der Waals surface area (Å²) < 4.78 is 13.0. The van der Waals surface area contributed by atoms with Crippen LogP contribution in [0.2, 0.25) is 0 Å². The van der Waals surface area contributed by atoms with Crippen molar-refractivity contribution in [2.24, 2.45) is 5.92 Å². The van der Waals surface area contributed by atoms with Crippen LogP contribution in [0.3, 0.4) is 0 Å². The molecule has 1 aromatic carbocycles. The van der Waals surface area contributed by atoms with E-state index in [4.69, 9.17) is 0 Å². The molecule has 4 nitrogen and oxygen atoms in total. The third-order valence-electron chi connectivity index (χ3n) is 3.49. The van der Waals surface area contributed by atoms with Crippen LogP contribution in [-0.2, 0) is 4.79 Å². The molecule has 1 aliphatic rings. The molecule has 1 aromatic rings. The van der Waals surface area contributed by atoms with Crippen molar-refractivity contribution < 1.29 is 9.18 Å². The van der Waals surface area contributed by atoms with Gasteiger partial charge in [0, 0.05) is 12.2 Å². The van der Waals surface area contributed by atoms with E-state index in [9.17, 15) is 9.18 Å². The zero-order valence-corrected chi connectivity index (χ0v) is 13.1. The molecule has 1 aliphatic heterocycles. The Morgan fingerprint density at radius 2 is 2.33 bits per heavy atom. The van der Waals surface area contributed by atoms with Crippen molar-refractivity contribution in [3.05, 3.63) is 30.1 Å². The van der Waals surface area contributed by atoms with Gasteiger partial charge in [0.2, 0.25) is 5.91 Å². The van der Waals surface area contributed by atoms with E-state index < -0.39 is 0 Å². The molecule has 1 unspecified atom stereocenters. The van der Waals surface area contributed by atoms with Crippen LogP contribution in [0.5, 0.6) is 0 Å². The van der Waals surface area contributed by atoms with Gasteiger partial charge in [0.05, 0.1) is 6.54 Å². The summed E-state index contributed by atoms with van der Waals surface area (Å²) in [6.45, 7) is 3.35. The summed E-state index contributed by atoms with van der Waals surface area (Å²) >= 11 is 0. The lowest BCUT2D eigenvalue weighted by molar-refractivity contribution is -0.117. The number of piperidine rings is 1. The number of likely N-dealkylation sites (N-methyl/N-ethyl adjacent to an activating group) is 1. The first-order valence-electron chi connectivity index (χ1n) is 7.08. The van der Waals surface area contributed by atoms with Crippen LogP contribution in [0.4, 0.5) is 10.1 Å². The van der Waals surface area contributed by atoms with Crippen molar-refractivity contribution in [3.8, 4) is 0 Å². The maximum atomic E-state index is 13.0. The number of benzene rings is 1. The van der Waals surface area contributed by atoms with Gasteiger partial charge < -0.3 is 10.6 Å². The molecular formula is C15H23ClFN3O. The Kier molecular flexibility index (Phi) is 7.64. The molecule has 2 rings (SSSR count). The molecule has 0 aromatic heterocycles. The highest BCUT2D eigenvalue weighted by Crippen LogP contribution is 2.12. The van der Waals surface area contributed by atoms with Gasteiger partial charge in [-0.25, -0.2) is 4.39 Å². The minimum Gasteiger partial charge on any atom is -0.325 e. The number of carbonyl (C=O) groups is 1. The van der Waals surface area contributed by atoms with Crippen LogP contribution < -0.4 is 10.6 Å². The van der Waals surface area contributed by atoms with Gasteiger partial charge in [0.15, 0.2) is 0 Å². The number of nitrogens with one attached hydrogen (secondary N) is 2. The fourth-order valence-electron chi connectivity index (χ4n) is 2.60. The molecule has 1 amide bonds. The zero-order valence-electron chi connectivity index (χ0n) is 12.3. The number of nitrogens with zero attached hydrogens (tertiary/aromatic N) is 1. The maximum absolute atomic E-state index is 13.0. The molecule has 0 aliphatic carbocycles. The molecule has 118 valence electrons. The molecule has 21 heavy (non-hydrogen) atoms. The molecule has 0 spiro atoms. The summed E-state index contributed by atoms with van der Waals surface area (Å²) in [6.07, 6.45) is 2.41. The third kappa shape index (κ3) is 6.42. The SMILES string of the molecule is CN(CC(=O)Nc1cccc(F)c1)CC1CCCNC1.Cl. The predicted molar refractivity (Wildman–Crippen MR) is 85.4 cm³/mol. The van der Waals surface area contributed by atoms with Gasteiger partial charge in [-0.3, -0.25) is 9.69 Å². The molecule has 2 N–H and O–H groups in total. The molecule has 6 heteroatoms. The van der Waals surface area contributed by atoms with Gasteiger partial charge in [0.1, 0.15) is 5.82 Å². The fourth-order valence-corrected chi connectivity index (χ4v) is 2.60. The summed E-state index contributed by atoms with van der Waals surface area (Å²) in [4.78, 5) is 13.9. The lowest BCUT2D eigenvalue weighted by atomic mass is 9.99. The number of rotatable bonds is 5. The van der Waals surface area contributed by atoms with Crippen LogP contribution >= 0.6 is 12.4 Å². The van der Waals surface area contributed by atoms with Crippen LogP contribution in [0.1, 0.15) is 12.8 Å². The monoisotopic (exact) mass is 315 g/mol. The Balaban J connectivity index is 0.00000220. The summed E-state index contributed by atoms with van der Waals surface area (Å²) in [5.41, 5.74) is 0.503. The van der Waals surface area contributed by atoms with E-state index in [1.165, 1.54) is 25.0 Å². The Morgan fingerprint density at radius 1 is 1.52 bits per heavy atom. The van der Waals surface area contributed by atoms with Gasteiger partial charge in [-0.2, -0.15) is 0 Å². The smallest absolute Gasteiger partial charge is 0.238 e. The quantitative estimate of drug-likeness (QED) is 0.875.